The fraction of sp³-hybridized carbons (Fsp3) is 0.706. The molecule has 3 fully saturated rings. The highest BCUT2D eigenvalue weighted by molar-refractivity contribution is 5.92. The molecule has 3 aliphatic rings. The number of aromatic nitrogens is 2. The third-order valence-electron chi connectivity index (χ3n) is 5.74. The van der Waals surface area contributed by atoms with Crippen molar-refractivity contribution in [3.05, 3.63) is 17.8 Å². The van der Waals surface area contributed by atoms with E-state index in [9.17, 15) is 4.79 Å². The fourth-order valence-electron chi connectivity index (χ4n) is 4.12. The van der Waals surface area contributed by atoms with Gasteiger partial charge in [-0.1, -0.05) is 0 Å². The molecule has 23 heavy (non-hydrogen) atoms. The lowest BCUT2D eigenvalue weighted by Gasteiger charge is -2.38. The summed E-state index contributed by atoms with van der Waals surface area (Å²) in [5.41, 5.74) is 0.913. The Morgan fingerprint density at radius 1 is 1.04 bits per heavy atom. The second kappa shape index (κ2) is 6.07. The van der Waals surface area contributed by atoms with Crippen molar-refractivity contribution in [3.63, 3.8) is 0 Å². The first kappa shape index (κ1) is 14.9. The number of piperidine rings is 1. The van der Waals surface area contributed by atoms with Gasteiger partial charge < -0.3 is 15.1 Å². The average molecular weight is 315 g/mol. The maximum Gasteiger partial charge on any atom is 0.274 e. The van der Waals surface area contributed by atoms with Crippen LogP contribution in [0.4, 0.5) is 5.82 Å². The average Bonchev–Trinajstić information content (AvgIpc) is 3.28. The van der Waals surface area contributed by atoms with Gasteiger partial charge in [0.25, 0.3) is 5.91 Å². The third-order valence-corrected chi connectivity index (χ3v) is 5.74. The van der Waals surface area contributed by atoms with E-state index in [0.717, 1.165) is 57.9 Å². The molecule has 6 nitrogen and oxygen atoms in total. The number of hydrogen-bond donors (Lipinski definition) is 1. The molecule has 1 aromatic heterocycles. The van der Waals surface area contributed by atoms with Crippen molar-refractivity contribution in [2.75, 3.05) is 44.2 Å². The van der Waals surface area contributed by atoms with Gasteiger partial charge in [-0.05, 0) is 56.2 Å². The van der Waals surface area contributed by atoms with Crippen LogP contribution in [-0.4, -0.2) is 60.3 Å². The van der Waals surface area contributed by atoms with Gasteiger partial charge in [0.2, 0.25) is 0 Å². The Morgan fingerprint density at radius 3 is 2.43 bits per heavy atom. The molecule has 4 heterocycles. The Hall–Kier alpha value is -1.69. The van der Waals surface area contributed by atoms with Crippen molar-refractivity contribution in [2.45, 2.75) is 32.1 Å². The highest BCUT2D eigenvalue weighted by Crippen LogP contribution is 2.37. The monoisotopic (exact) mass is 315 g/mol. The normalized spacial score (nSPS) is 23.7. The number of nitrogens with zero attached hydrogens (tertiary/aromatic N) is 4. The van der Waals surface area contributed by atoms with E-state index in [0.29, 0.717) is 11.1 Å². The minimum absolute atomic E-state index is 0.0336. The Morgan fingerprint density at radius 2 is 1.83 bits per heavy atom. The van der Waals surface area contributed by atoms with E-state index in [4.69, 9.17) is 0 Å². The number of rotatable bonds is 2. The van der Waals surface area contributed by atoms with Crippen LogP contribution in [0.25, 0.3) is 0 Å². The maximum atomic E-state index is 12.6. The van der Waals surface area contributed by atoms with Crippen LogP contribution in [0.1, 0.15) is 42.6 Å². The third kappa shape index (κ3) is 2.92. The molecule has 0 saturated carbocycles. The number of hydrogen-bond acceptors (Lipinski definition) is 5. The Balaban J connectivity index is 1.39. The van der Waals surface area contributed by atoms with Gasteiger partial charge in [0.05, 0.1) is 0 Å². The van der Waals surface area contributed by atoms with E-state index in [1.54, 1.807) is 0 Å². The molecule has 124 valence electrons. The second-order valence-corrected chi connectivity index (χ2v) is 7.19. The highest BCUT2D eigenvalue weighted by atomic mass is 16.2. The number of amides is 1. The van der Waals surface area contributed by atoms with Gasteiger partial charge >= 0.3 is 0 Å². The number of likely N-dealkylation sites (tertiary alicyclic amines) is 1. The predicted molar refractivity (Wildman–Crippen MR) is 88.5 cm³/mol. The quantitative estimate of drug-likeness (QED) is 0.891. The van der Waals surface area contributed by atoms with Gasteiger partial charge in [0.1, 0.15) is 0 Å². The summed E-state index contributed by atoms with van der Waals surface area (Å²) >= 11 is 0. The summed E-state index contributed by atoms with van der Waals surface area (Å²) in [6.45, 7) is 6.01. The van der Waals surface area contributed by atoms with Crippen LogP contribution in [0.2, 0.25) is 0 Å². The van der Waals surface area contributed by atoms with Crippen molar-refractivity contribution < 1.29 is 4.79 Å². The molecule has 3 aliphatic heterocycles. The summed E-state index contributed by atoms with van der Waals surface area (Å²) in [6.07, 6.45) is 5.88. The van der Waals surface area contributed by atoms with Gasteiger partial charge in [0.15, 0.2) is 11.5 Å². The smallest absolute Gasteiger partial charge is 0.274 e. The zero-order chi connectivity index (χ0) is 15.7. The molecule has 0 radical (unpaired) electrons. The van der Waals surface area contributed by atoms with E-state index < -0.39 is 0 Å². The minimum Gasteiger partial charge on any atom is -0.355 e. The first-order valence-corrected chi connectivity index (χ1v) is 8.85. The van der Waals surface area contributed by atoms with E-state index in [1.165, 1.54) is 19.3 Å². The minimum atomic E-state index is 0.0336. The topological polar surface area (TPSA) is 61.4 Å². The first-order chi connectivity index (χ1) is 11.3. The Bertz CT molecular complexity index is 551. The molecule has 1 spiro atoms. The first-order valence-electron chi connectivity index (χ1n) is 8.85. The van der Waals surface area contributed by atoms with Crippen LogP contribution in [0, 0.1) is 5.41 Å². The molecule has 4 rings (SSSR count). The number of carbonyl (C=O) groups excluding carboxylic acids is 1. The standard InChI is InChI=1S/C17H25N5O/c23-16(22-11-6-17(7-12-22)5-8-18-13-17)14-3-4-15(20-19-14)21-9-1-2-10-21/h3-4,18H,1-2,5-13H2. The lowest BCUT2D eigenvalue weighted by molar-refractivity contribution is 0.0601. The lowest BCUT2D eigenvalue weighted by Crippen LogP contribution is -2.44. The van der Waals surface area contributed by atoms with E-state index in [-0.39, 0.29) is 5.91 Å². The second-order valence-electron chi connectivity index (χ2n) is 7.19. The molecule has 1 aromatic rings. The number of carbonyl (C=O) groups is 1. The molecule has 0 atom stereocenters. The summed E-state index contributed by atoms with van der Waals surface area (Å²) in [7, 11) is 0. The van der Waals surface area contributed by atoms with Gasteiger partial charge in [-0.3, -0.25) is 4.79 Å². The zero-order valence-corrected chi connectivity index (χ0v) is 13.6. The molecule has 1 N–H and O–H groups in total. The number of nitrogens with one attached hydrogen (secondary N) is 1. The van der Waals surface area contributed by atoms with Crippen LogP contribution < -0.4 is 10.2 Å². The van der Waals surface area contributed by atoms with Crippen LogP contribution in [0.15, 0.2) is 12.1 Å². The molecular formula is C17H25N5O. The summed E-state index contributed by atoms with van der Waals surface area (Å²) in [6, 6.07) is 3.78. The molecule has 0 unspecified atom stereocenters. The molecule has 6 heteroatoms. The van der Waals surface area contributed by atoms with E-state index in [2.05, 4.69) is 20.4 Å². The molecule has 0 aliphatic carbocycles. The molecule has 0 bridgehead atoms. The van der Waals surface area contributed by atoms with Crippen LogP contribution in [0.3, 0.4) is 0 Å². The van der Waals surface area contributed by atoms with Crippen molar-refractivity contribution in [1.29, 1.82) is 0 Å². The number of anilines is 1. The summed E-state index contributed by atoms with van der Waals surface area (Å²) in [5.74, 6) is 0.931. The van der Waals surface area contributed by atoms with Gasteiger partial charge in [-0.2, -0.15) is 0 Å². The van der Waals surface area contributed by atoms with Crippen LogP contribution in [-0.2, 0) is 0 Å². The van der Waals surface area contributed by atoms with Crippen molar-refractivity contribution in [3.8, 4) is 0 Å². The molecule has 3 saturated heterocycles. The zero-order valence-electron chi connectivity index (χ0n) is 13.6. The van der Waals surface area contributed by atoms with Gasteiger partial charge in [-0.15, -0.1) is 10.2 Å². The SMILES string of the molecule is O=C(c1ccc(N2CCCC2)nn1)N1CCC2(CCNC2)CC1. The maximum absolute atomic E-state index is 12.6. The Labute approximate surface area is 137 Å². The Kier molecular flexibility index (Phi) is 3.93. The van der Waals surface area contributed by atoms with Gasteiger partial charge in [-0.25, -0.2) is 0 Å². The molecular weight excluding hydrogens is 290 g/mol. The lowest BCUT2D eigenvalue weighted by atomic mass is 9.78. The fourth-order valence-corrected chi connectivity index (χ4v) is 4.12. The van der Waals surface area contributed by atoms with E-state index in [1.807, 2.05) is 17.0 Å². The van der Waals surface area contributed by atoms with Crippen molar-refractivity contribution in [2.24, 2.45) is 5.41 Å². The van der Waals surface area contributed by atoms with Gasteiger partial charge in [0, 0.05) is 32.7 Å². The molecule has 0 aromatic carbocycles. The van der Waals surface area contributed by atoms with Crippen LogP contribution >= 0.6 is 0 Å². The summed E-state index contributed by atoms with van der Waals surface area (Å²) < 4.78 is 0. The highest BCUT2D eigenvalue weighted by Gasteiger charge is 2.38. The molecule has 1 amide bonds. The van der Waals surface area contributed by atoms with Crippen molar-refractivity contribution >= 4 is 11.7 Å². The van der Waals surface area contributed by atoms with Crippen molar-refractivity contribution in [1.82, 2.24) is 20.4 Å². The largest absolute Gasteiger partial charge is 0.355 e. The predicted octanol–water partition coefficient (Wildman–Crippen LogP) is 1.29. The van der Waals surface area contributed by atoms with E-state index >= 15 is 0 Å². The van der Waals surface area contributed by atoms with Crippen LogP contribution in [0.5, 0.6) is 0 Å². The summed E-state index contributed by atoms with van der Waals surface area (Å²) in [4.78, 5) is 16.8. The summed E-state index contributed by atoms with van der Waals surface area (Å²) in [5, 5.41) is 11.9.